The van der Waals surface area contributed by atoms with Gasteiger partial charge in [0.1, 0.15) is 0 Å². The number of benzene rings is 1. The van der Waals surface area contributed by atoms with Crippen LogP contribution in [0.25, 0.3) is 0 Å². The van der Waals surface area contributed by atoms with E-state index in [1.165, 1.54) is 12.0 Å². The Morgan fingerprint density at radius 2 is 2.04 bits per heavy atom. The predicted molar refractivity (Wildman–Crippen MR) is 88.2 cm³/mol. The highest BCUT2D eigenvalue weighted by Crippen LogP contribution is 2.13. The lowest BCUT2D eigenvalue weighted by molar-refractivity contribution is -0.759. The van der Waals surface area contributed by atoms with Crippen molar-refractivity contribution in [3.05, 3.63) is 42.1 Å². The maximum Gasteiger partial charge on any atom is 0.324 e. The van der Waals surface area contributed by atoms with Crippen LogP contribution in [0, 0.1) is 0 Å². The molecule has 6 nitrogen and oxygen atoms in total. The molecule has 0 N–H and O–H groups in total. The first kappa shape index (κ1) is 15.9. The molecule has 3 rings (SSSR count). The molecular weight excluding hydrogens is 312 g/mol. The van der Waals surface area contributed by atoms with Gasteiger partial charge >= 0.3 is 5.88 Å². The summed E-state index contributed by atoms with van der Waals surface area (Å²) in [5.41, 5.74) is 1.20. The molecule has 0 bridgehead atoms. The van der Waals surface area contributed by atoms with Crippen LogP contribution in [0.3, 0.4) is 0 Å². The molecule has 122 valence electrons. The number of nitrogens with zero attached hydrogens (tertiary/aromatic N) is 4. The summed E-state index contributed by atoms with van der Waals surface area (Å²) in [7, 11) is 0. The van der Waals surface area contributed by atoms with E-state index in [2.05, 4.69) is 15.3 Å². The number of hydrogen-bond acceptors (Lipinski definition) is 6. The van der Waals surface area contributed by atoms with E-state index in [0.717, 1.165) is 31.7 Å². The lowest BCUT2D eigenvalue weighted by atomic mass is 10.2. The Morgan fingerprint density at radius 3 is 2.83 bits per heavy atom. The standard InChI is InChI=1S/C16H20N4O2S/c21-15(13-23-12-14-7-3-1-4-8-14)17-16-11-20(18-22-16)19-9-5-2-6-10-19/h1,3-4,7-8,11H,2,5-6,9-10,12-13H2. The number of aliphatic imine (C=N–C) groups is 1. The topological polar surface area (TPSA) is 68.6 Å². The second-order valence-corrected chi connectivity index (χ2v) is 6.44. The Balaban J connectivity index is 1.50. The van der Waals surface area contributed by atoms with Gasteiger partial charge in [0.25, 0.3) is 6.20 Å². The van der Waals surface area contributed by atoms with E-state index >= 15 is 0 Å². The molecule has 7 heteroatoms. The Kier molecular flexibility index (Phi) is 5.52. The van der Waals surface area contributed by atoms with Crippen LogP contribution in [0.1, 0.15) is 24.8 Å². The predicted octanol–water partition coefficient (Wildman–Crippen LogP) is 1.41. The minimum absolute atomic E-state index is 0.201. The van der Waals surface area contributed by atoms with Crippen molar-refractivity contribution in [2.75, 3.05) is 23.9 Å². The molecule has 0 radical (unpaired) electrons. The highest BCUT2D eigenvalue weighted by Gasteiger charge is 2.22. The molecule has 1 aliphatic rings. The minimum atomic E-state index is -0.201. The SMILES string of the molecule is [O-]/C(CSCc1ccccc1)=N\c1c[n+](N2CCCCC2)no1. The minimum Gasteiger partial charge on any atom is -0.861 e. The van der Waals surface area contributed by atoms with Gasteiger partial charge in [0.2, 0.25) is 5.27 Å². The number of piperidine rings is 1. The third-order valence-electron chi connectivity index (χ3n) is 3.64. The highest BCUT2D eigenvalue weighted by atomic mass is 32.2. The summed E-state index contributed by atoms with van der Waals surface area (Å²) in [6.45, 7) is 1.91. The molecular formula is C16H20N4O2S. The molecule has 1 aliphatic heterocycles. The Labute approximate surface area is 139 Å². The number of aromatic nitrogens is 2. The first-order valence-electron chi connectivity index (χ1n) is 7.81. The van der Waals surface area contributed by atoms with E-state index in [4.69, 9.17) is 4.52 Å². The van der Waals surface area contributed by atoms with Gasteiger partial charge < -0.3 is 5.11 Å². The zero-order valence-electron chi connectivity index (χ0n) is 12.9. The monoisotopic (exact) mass is 332 g/mol. The van der Waals surface area contributed by atoms with Crippen LogP contribution in [-0.2, 0) is 5.75 Å². The van der Waals surface area contributed by atoms with E-state index in [1.54, 1.807) is 22.7 Å². The van der Waals surface area contributed by atoms with Crippen molar-refractivity contribution in [2.45, 2.75) is 25.0 Å². The van der Waals surface area contributed by atoms with Crippen molar-refractivity contribution >= 4 is 23.5 Å². The summed E-state index contributed by atoms with van der Waals surface area (Å²) in [5.74, 6) is 1.19. The van der Waals surface area contributed by atoms with Crippen molar-refractivity contribution in [3.63, 3.8) is 0 Å². The summed E-state index contributed by atoms with van der Waals surface area (Å²) in [6, 6.07) is 10.1. The lowest BCUT2D eigenvalue weighted by Gasteiger charge is -2.17. The van der Waals surface area contributed by atoms with Gasteiger partial charge in [-0.25, -0.2) is 4.99 Å². The van der Waals surface area contributed by atoms with Gasteiger partial charge in [0, 0.05) is 11.5 Å². The number of hydrogen-bond donors (Lipinski definition) is 0. The summed E-state index contributed by atoms with van der Waals surface area (Å²) in [5, 5.41) is 17.9. The largest absolute Gasteiger partial charge is 0.861 e. The maximum absolute atomic E-state index is 11.9. The molecule has 1 fully saturated rings. The van der Waals surface area contributed by atoms with Crippen LogP contribution in [0.15, 0.2) is 46.0 Å². The molecule has 0 atom stereocenters. The van der Waals surface area contributed by atoms with Gasteiger partial charge in [-0.3, -0.25) is 4.52 Å². The molecule has 2 heterocycles. The van der Waals surface area contributed by atoms with Gasteiger partial charge in [-0.1, -0.05) is 30.3 Å². The molecule has 23 heavy (non-hydrogen) atoms. The average molecular weight is 332 g/mol. The van der Waals surface area contributed by atoms with Gasteiger partial charge in [0.05, 0.1) is 17.9 Å². The van der Waals surface area contributed by atoms with E-state index < -0.39 is 0 Å². The van der Waals surface area contributed by atoms with Gasteiger partial charge in [-0.2, -0.15) is 16.8 Å². The summed E-state index contributed by atoms with van der Waals surface area (Å²) in [6.07, 6.45) is 5.23. The molecule has 0 saturated carbocycles. The van der Waals surface area contributed by atoms with Crippen molar-refractivity contribution in [2.24, 2.45) is 4.99 Å². The molecule has 2 aromatic rings. The quantitative estimate of drug-likeness (QED) is 0.454. The highest BCUT2D eigenvalue weighted by molar-refractivity contribution is 7.99. The summed E-state index contributed by atoms with van der Waals surface area (Å²) in [4.78, 5) is 5.62. The smallest absolute Gasteiger partial charge is 0.324 e. The fraction of sp³-hybridized carbons (Fsp3) is 0.438. The first-order valence-corrected chi connectivity index (χ1v) is 8.97. The van der Waals surface area contributed by atoms with Crippen molar-refractivity contribution in [1.29, 1.82) is 0 Å². The maximum atomic E-state index is 11.9. The van der Waals surface area contributed by atoms with E-state index in [-0.39, 0.29) is 11.8 Å². The molecule has 1 aromatic heterocycles. The first-order chi connectivity index (χ1) is 11.3. The van der Waals surface area contributed by atoms with Crippen LogP contribution >= 0.6 is 11.8 Å². The van der Waals surface area contributed by atoms with E-state index in [9.17, 15) is 5.11 Å². The van der Waals surface area contributed by atoms with E-state index in [0.29, 0.717) is 5.75 Å². The van der Waals surface area contributed by atoms with Gasteiger partial charge in [-0.15, -0.1) is 0 Å². The number of thioether (sulfide) groups is 1. The van der Waals surface area contributed by atoms with Crippen molar-refractivity contribution in [3.8, 4) is 0 Å². The zero-order chi connectivity index (χ0) is 15.9. The van der Waals surface area contributed by atoms with Crippen molar-refractivity contribution in [1.82, 2.24) is 5.27 Å². The van der Waals surface area contributed by atoms with Crippen LogP contribution in [-0.4, -0.2) is 30.0 Å². The third kappa shape index (κ3) is 4.72. The second-order valence-electron chi connectivity index (χ2n) is 5.46. The molecule has 1 saturated heterocycles. The Bertz CT molecular complexity index is 639. The second kappa shape index (κ2) is 8.01. The van der Waals surface area contributed by atoms with Crippen LogP contribution in [0.2, 0.25) is 0 Å². The van der Waals surface area contributed by atoms with Gasteiger partial charge in [-0.05, 0) is 30.7 Å². The fourth-order valence-corrected chi connectivity index (χ4v) is 3.25. The van der Waals surface area contributed by atoms with Crippen LogP contribution in [0.5, 0.6) is 0 Å². The lowest BCUT2D eigenvalue weighted by Crippen LogP contribution is -2.60. The molecule has 0 spiro atoms. The van der Waals surface area contributed by atoms with Crippen LogP contribution < -0.4 is 14.9 Å². The summed E-state index contributed by atoms with van der Waals surface area (Å²) < 4.78 is 5.13. The number of rotatable bonds is 6. The van der Waals surface area contributed by atoms with Crippen molar-refractivity contribution < 1.29 is 14.4 Å². The van der Waals surface area contributed by atoms with Gasteiger partial charge in [0.15, 0.2) is 0 Å². The Hall–Kier alpha value is -2.02. The average Bonchev–Trinajstić information content (AvgIpc) is 3.05. The van der Waals surface area contributed by atoms with Crippen LogP contribution in [0.4, 0.5) is 5.88 Å². The third-order valence-corrected chi connectivity index (χ3v) is 4.63. The molecule has 0 amide bonds. The zero-order valence-corrected chi connectivity index (χ0v) is 13.7. The molecule has 0 unspecified atom stereocenters. The summed E-state index contributed by atoms with van der Waals surface area (Å²) >= 11 is 1.55. The van der Waals surface area contributed by atoms with E-state index in [1.807, 2.05) is 30.3 Å². The fourth-order valence-electron chi connectivity index (χ4n) is 2.48. The molecule has 0 aliphatic carbocycles. The normalized spacial score (nSPS) is 15.8. The molecule has 1 aromatic carbocycles. The Morgan fingerprint density at radius 1 is 1.26 bits per heavy atom.